The Balaban J connectivity index is 1.69. The first kappa shape index (κ1) is 14.3. The van der Waals surface area contributed by atoms with Crippen molar-refractivity contribution >= 4 is 11.8 Å². The van der Waals surface area contributed by atoms with Crippen LogP contribution in [-0.4, -0.2) is 48.4 Å². The van der Waals surface area contributed by atoms with Gasteiger partial charge in [0.15, 0.2) is 0 Å². The summed E-state index contributed by atoms with van der Waals surface area (Å²) in [4.78, 5) is 25.5. The Kier molecular flexibility index (Phi) is 4.80. The van der Waals surface area contributed by atoms with Crippen molar-refractivity contribution in [1.29, 1.82) is 0 Å². The molecular formula is C14H25N3O2. The molecule has 2 aliphatic rings. The fourth-order valence-corrected chi connectivity index (χ4v) is 2.92. The van der Waals surface area contributed by atoms with E-state index in [-0.39, 0.29) is 23.9 Å². The molecule has 108 valence electrons. The fourth-order valence-electron chi connectivity index (χ4n) is 2.92. The first-order valence-corrected chi connectivity index (χ1v) is 7.36. The average Bonchev–Trinajstić information content (AvgIpc) is 2.96. The number of carbonyl (C=O) groups excluding carboxylic acids is 2. The van der Waals surface area contributed by atoms with Gasteiger partial charge in [0.2, 0.25) is 11.8 Å². The third kappa shape index (κ3) is 3.93. The van der Waals surface area contributed by atoms with Crippen molar-refractivity contribution in [3.8, 4) is 0 Å². The van der Waals surface area contributed by atoms with E-state index >= 15 is 0 Å². The quantitative estimate of drug-likeness (QED) is 0.762. The topological polar surface area (TPSA) is 61.4 Å². The van der Waals surface area contributed by atoms with E-state index in [1.807, 2.05) is 18.7 Å². The molecule has 2 aliphatic heterocycles. The first-order valence-electron chi connectivity index (χ1n) is 7.36. The molecule has 19 heavy (non-hydrogen) atoms. The minimum atomic E-state index is 0.00380. The van der Waals surface area contributed by atoms with Crippen LogP contribution in [0.15, 0.2) is 0 Å². The van der Waals surface area contributed by atoms with Gasteiger partial charge in [0.1, 0.15) is 0 Å². The second-order valence-corrected chi connectivity index (χ2v) is 6.01. The highest BCUT2D eigenvalue weighted by atomic mass is 16.2. The van der Waals surface area contributed by atoms with Crippen LogP contribution in [0.3, 0.4) is 0 Å². The summed E-state index contributed by atoms with van der Waals surface area (Å²) in [6, 6.07) is 0.225. The highest BCUT2D eigenvalue weighted by Gasteiger charge is 2.31. The number of nitrogens with one attached hydrogen (secondary N) is 2. The molecule has 0 aliphatic carbocycles. The number of likely N-dealkylation sites (tertiary alicyclic amines) is 1. The largest absolute Gasteiger partial charge is 0.351 e. The van der Waals surface area contributed by atoms with E-state index in [1.165, 1.54) is 6.42 Å². The van der Waals surface area contributed by atoms with Crippen LogP contribution in [0.25, 0.3) is 0 Å². The zero-order valence-electron chi connectivity index (χ0n) is 11.9. The summed E-state index contributed by atoms with van der Waals surface area (Å²) in [6.07, 6.45) is 3.16. The number of carbonyl (C=O) groups is 2. The molecule has 0 bridgehead atoms. The summed E-state index contributed by atoms with van der Waals surface area (Å²) in [5.41, 5.74) is 0. The third-order valence-corrected chi connectivity index (χ3v) is 4.09. The smallest absolute Gasteiger partial charge is 0.225 e. The molecule has 2 saturated heterocycles. The molecule has 0 aromatic heterocycles. The van der Waals surface area contributed by atoms with Crippen LogP contribution >= 0.6 is 0 Å². The summed E-state index contributed by atoms with van der Waals surface area (Å²) >= 11 is 0. The first-order chi connectivity index (χ1) is 9.06. The summed E-state index contributed by atoms with van der Waals surface area (Å²) in [5, 5.41) is 6.31. The Morgan fingerprint density at radius 1 is 1.53 bits per heavy atom. The number of hydrogen-bond donors (Lipinski definition) is 2. The van der Waals surface area contributed by atoms with Crippen LogP contribution in [0, 0.1) is 5.92 Å². The monoisotopic (exact) mass is 267 g/mol. The normalized spacial score (nSPS) is 27.3. The minimum Gasteiger partial charge on any atom is -0.351 e. The van der Waals surface area contributed by atoms with Gasteiger partial charge in [0, 0.05) is 25.4 Å². The van der Waals surface area contributed by atoms with Crippen molar-refractivity contribution in [3.63, 3.8) is 0 Å². The molecule has 2 heterocycles. The summed E-state index contributed by atoms with van der Waals surface area (Å²) in [6.45, 7) is 6.79. The van der Waals surface area contributed by atoms with Crippen molar-refractivity contribution in [2.24, 2.45) is 5.92 Å². The fraction of sp³-hybridized carbons (Fsp3) is 0.857. The van der Waals surface area contributed by atoms with Crippen molar-refractivity contribution in [2.75, 3.05) is 19.6 Å². The highest BCUT2D eigenvalue weighted by Crippen LogP contribution is 2.16. The molecular weight excluding hydrogens is 242 g/mol. The van der Waals surface area contributed by atoms with Gasteiger partial charge in [-0.3, -0.25) is 9.59 Å². The third-order valence-electron chi connectivity index (χ3n) is 4.09. The Hall–Kier alpha value is -1.10. The lowest BCUT2D eigenvalue weighted by Gasteiger charge is -2.21. The molecule has 2 rings (SSSR count). The van der Waals surface area contributed by atoms with Gasteiger partial charge < -0.3 is 15.5 Å². The maximum atomic E-state index is 11.9. The van der Waals surface area contributed by atoms with Crippen molar-refractivity contribution in [2.45, 2.75) is 51.6 Å². The zero-order valence-corrected chi connectivity index (χ0v) is 11.9. The van der Waals surface area contributed by atoms with Gasteiger partial charge >= 0.3 is 0 Å². The van der Waals surface area contributed by atoms with Gasteiger partial charge in [-0.1, -0.05) is 0 Å². The molecule has 0 spiro atoms. The van der Waals surface area contributed by atoms with Crippen molar-refractivity contribution in [1.82, 2.24) is 15.5 Å². The van der Waals surface area contributed by atoms with Crippen LogP contribution in [-0.2, 0) is 9.59 Å². The van der Waals surface area contributed by atoms with Crippen LogP contribution in [0.5, 0.6) is 0 Å². The summed E-state index contributed by atoms with van der Waals surface area (Å²) in [7, 11) is 0. The number of hydrogen-bond acceptors (Lipinski definition) is 3. The molecule has 2 atom stereocenters. The van der Waals surface area contributed by atoms with Gasteiger partial charge in [-0.15, -0.1) is 0 Å². The Morgan fingerprint density at radius 2 is 2.32 bits per heavy atom. The van der Waals surface area contributed by atoms with Crippen molar-refractivity contribution < 1.29 is 9.59 Å². The molecule has 0 aromatic rings. The standard InChI is InChI=1S/C14H25N3O2/c1-10(2)17-9-12(7-14(17)19)16-13(18)4-3-11-5-6-15-8-11/h10-12,15H,3-9H2,1-2H3,(H,16,18). The van der Waals surface area contributed by atoms with Gasteiger partial charge in [-0.25, -0.2) is 0 Å². The maximum absolute atomic E-state index is 11.9. The van der Waals surface area contributed by atoms with E-state index in [0.717, 1.165) is 19.5 Å². The van der Waals surface area contributed by atoms with E-state index in [0.29, 0.717) is 25.3 Å². The number of nitrogens with zero attached hydrogens (tertiary/aromatic N) is 1. The highest BCUT2D eigenvalue weighted by molar-refractivity contribution is 5.82. The lowest BCUT2D eigenvalue weighted by atomic mass is 10.0. The van der Waals surface area contributed by atoms with E-state index in [4.69, 9.17) is 0 Å². The van der Waals surface area contributed by atoms with E-state index < -0.39 is 0 Å². The van der Waals surface area contributed by atoms with Gasteiger partial charge in [-0.2, -0.15) is 0 Å². The second kappa shape index (κ2) is 6.37. The molecule has 2 fully saturated rings. The van der Waals surface area contributed by atoms with Crippen molar-refractivity contribution in [3.05, 3.63) is 0 Å². The van der Waals surface area contributed by atoms with Gasteiger partial charge in [-0.05, 0) is 45.7 Å². The lowest BCUT2D eigenvalue weighted by Crippen LogP contribution is -2.38. The lowest BCUT2D eigenvalue weighted by molar-refractivity contribution is -0.129. The predicted molar refractivity (Wildman–Crippen MR) is 73.6 cm³/mol. The van der Waals surface area contributed by atoms with E-state index in [1.54, 1.807) is 0 Å². The maximum Gasteiger partial charge on any atom is 0.225 e. The average molecular weight is 267 g/mol. The zero-order chi connectivity index (χ0) is 13.8. The second-order valence-electron chi connectivity index (χ2n) is 6.01. The molecule has 2 N–H and O–H groups in total. The molecule has 5 nitrogen and oxygen atoms in total. The number of amides is 2. The van der Waals surface area contributed by atoms with Gasteiger partial charge in [0.25, 0.3) is 0 Å². The van der Waals surface area contributed by atoms with E-state index in [9.17, 15) is 9.59 Å². The molecule has 0 saturated carbocycles. The molecule has 0 aromatic carbocycles. The van der Waals surface area contributed by atoms with E-state index in [2.05, 4.69) is 10.6 Å². The van der Waals surface area contributed by atoms with Crippen LogP contribution < -0.4 is 10.6 Å². The van der Waals surface area contributed by atoms with Crippen LogP contribution in [0.2, 0.25) is 0 Å². The SMILES string of the molecule is CC(C)N1CC(NC(=O)CCC2CCNC2)CC1=O. The van der Waals surface area contributed by atoms with Crippen LogP contribution in [0.4, 0.5) is 0 Å². The number of rotatable bonds is 5. The Morgan fingerprint density at radius 3 is 2.89 bits per heavy atom. The van der Waals surface area contributed by atoms with Gasteiger partial charge in [0.05, 0.1) is 6.04 Å². The summed E-state index contributed by atoms with van der Waals surface area (Å²) in [5.74, 6) is 0.888. The Labute approximate surface area is 115 Å². The van der Waals surface area contributed by atoms with Crippen LogP contribution in [0.1, 0.15) is 39.5 Å². The molecule has 0 radical (unpaired) electrons. The summed E-state index contributed by atoms with van der Waals surface area (Å²) < 4.78 is 0. The predicted octanol–water partition coefficient (Wildman–Crippen LogP) is 0.502. The molecule has 2 amide bonds. The molecule has 2 unspecified atom stereocenters. The molecule has 5 heteroatoms. The Bertz CT molecular complexity index is 338. The minimum absolute atomic E-state index is 0.00380.